The zero-order valence-corrected chi connectivity index (χ0v) is 22.7. The number of benzene rings is 1. The van der Waals surface area contributed by atoms with Crippen LogP contribution in [0.2, 0.25) is 0 Å². The van der Waals surface area contributed by atoms with Gasteiger partial charge in [-0.2, -0.15) is 0 Å². The summed E-state index contributed by atoms with van der Waals surface area (Å²) in [6.45, 7) is 15.3. The number of methoxy groups -OCH3 is 2. The zero-order chi connectivity index (χ0) is 22.3. The summed E-state index contributed by atoms with van der Waals surface area (Å²) in [5, 5.41) is 3.51. The molecule has 2 aliphatic heterocycles. The second kappa shape index (κ2) is 12.8. The van der Waals surface area contributed by atoms with Crippen molar-refractivity contribution in [3.8, 4) is 11.5 Å². The van der Waals surface area contributed by atoms with Gasteiger partial charge in [-0.1, -0.05) is 19.9 Å². The van der Waals surface area contributed by atoms with Crippen molar-refractivity contribution in [1.29, 1.82) is 0 Å². The second-order valence-corrected chi connectivity index (χ2v) is 9.14. The number of morpholine rings is 1. The van der Waals surface area contributed by atoms with Gasteiger partial charge in [0.2, 0.25) is 0 Å². The van der Waals surface area contributed by atoms with Crippen molar-refractivity contribution in [3.05, 3.63) is 23.8 Å². The van der Waals surface area contributed by atoms with E-state index in [1.54, 1.807) is 14.2 Å². The first-order valence-electron chi connectivity index (χ1n) is 11.5. The molecule has 3 rings (SSSR count). The topological polar surface area (TPSA) is 58.6 Å². The Morgan fingerprint density at radius 3 is 2.53 bits per heavy atom. The van der Waals surface area contributed by atoms with Crippen LogP contribution in [0.1, 0.15) is 32.8 Å². The first-order chi connectivity index (χ1) is 15.0. The minimum atomic E-state index is -0.118. The number of aliphatic imine (C=N–C) groups is 1. The lowest BCUT2D eigenvalue weighted by molar-refractivity contribution is 0.0315. The Balaban J connectivity index is 0.00000363. The van der Waals surface area contributed by atoms with Gasteiger partial charge in [-0.15, -0.1) is 24.0 Å². The maximum Gasteiger partial charge on any atom is 0.193 e. The molecular formula is C24H41IN4O3. The molecule has 1 N–H and O–H groups in total. The summed E-state index contributed by atoms with van der Waals surface area (Å²) >= 11 is 0. The molecule has 1 aromatic carbocycles. The lowest BCUT2D eigenvalue weighted by atomic mass is 9.84. The van der Waals surface area contributed by atoms with Crippen molar-refractivity contribution >= 4 is 29.9 Å². The molecule has 8 heteroatoms. The number of rotatable bonds is 8. The van der Waals surface area contributed by atoms with Crippen LogP contribution in [0.25, 0.3) is 0 Å². The molecule has 0 spiro atoms. The maximum atomic E-state index is 5.50. The van der Waals surface area contributed by atoms with Crippen molar-refractivity contribution in [2.75, 3.05) is 73.2 Å². The average Bonchev–Trinajstić information content (AvgIpc) is 3.25. The summed E-state index contributed by atoms with van der Waals surface area (Å²) < 4.78 is 16.4. The standard InChI is InChI=1S/C24H40N4O3.HI/c1-6-25-23(28-10-9-19(17-28)16-27-11-13-31-14-12-27)26-18-24(2,3)20-7-8-21(29-4)22(15-20)30-5;/h7-8,15,19H,6,9-14,16-18H2,1-5H3,(H,25,26);1H. The van der Waals surface area contributed by atoms with Gasteiger partial charge in [0.1, 0.15) is 0 Å². The summed E-state index contributed by atoms with van der Waals surface area (Å²) in [6.07, 6.45) is 1.22. The van der Waals surface area contributed by atoms with Crippen LogP contribution in [0.4, 0.5) is 0 Å². The van der Waals surface area contributed by atoms with Gasteiger partial charge in [0.15, 0.2) is 17.5 Å². The molecular weight excluding hydrogens is 519 g/mol. The van der Waals surface area contributed by atoms with E-state index in [0.717, 1.165) is 69.9 Å². The monoisotopic (exact) mass is 560 g/mol. The van der Waals surface area contributed by atoms with Crippen LogP contribution in [0.15, 0.2) is 23.2 Å². The first kappa shape index (κ1) is 27.0. The quantitative estimate of drug-likeness (QED) is 0.300. The van der Waals surface area contributed by atoms with Gasteiger partial charge in [-0.25, -0.2) is 0 Å². The van der Waals surface area contributed by atoms with Crippen molar-refractivity contribution in [3.63, 3.8) is 0 Å². The molecule has 0 aliphatic carbocycles. The molecule has 0 amide bonds. The fourth-order valence-corrected chi connectivity index (χ4v) is 4.37. The fourth-order valence-electron chi connectivity index (χ4n) is 4.37. The molecule has 0 bridgehead atoms. The maximum absolute atomic E-state index is 5.50. The van der Waals surface area contributed by atoms with Crippen molar-refractivity contribution in [2.24, 2.45) is 10.9 Å². The van der Waals surface area contributed by atoms with E-state index in [-0.39, 0.29) is 29.4 Å². The number of nitrogens with one attached hydrogen (secondary N) is 1. The fraction of sp³-hybridized carbons (Fsp3) is 0.708. The summed E-state index contributed by atoms with van der Waals surface area (Å²) in [6, 6.07) is 6.15. The van der Waals surface area contributed by atoms with E-state index in [4.69, 9.17) is 19.2 Å². The second-order valence-electron chi connectivity index (χ2n) is 9.14. The Labute approximate surface area is 210 Å². The predicted molar refractivity (Wildman–Crippen MR) is 141 cm³/mol. The van der Waals surface area contributed by atoms with E-state index in [0.29, 0.717) is 12.5 Å². The molecule has 2 aliphatic rings. The Kier molecular flexibility index (Phi) is 10.8. The zero-order valence-electron chi connectivity index (χ0n) is 20.4. The summed E-state index contributed by atoms with van der Waals surface area (Å²) in [5.74, 6) is 3.23. The smallest absolute Gasteiger partial charge is 0.193 e. The van der Waals surface area contributed by atoms with Crippen LogP contribution in [-0.4, -0.2) is 89.0 Å². The van der Waals surface area contributed by atoms with Crippen molar-refractivity contribution < 1.29 is 14.2 Å². The van der Waals surface area contributed by atoms with Crippen LogP contribution < -0.4 is 14.8 Å². The third-order valence-electron chi connectivity index (χ3n) is 6.33. The van der Waals surface area contributed by atoms with Crippen molar-refractivity contribution in [1.82, 2.24) is 15.1 Å². The third-order valence-corrected chi connectivity index (χ3v) is 6.33. The number of halogens is 1. The lowest BCUT2D eigenvalue weighted by Gasteiger charge is -2.29. The molecule has 32 heavy (non-hydrogen) atoms. The molecule has 2 fully saturated rings. The van der Waals surface area contributed by atoms with E-state index in [1.807, 2.05) is 6.07 Å². The first-order valence-corrected chi connectivity index (χ1v) is 11.5. The van der Waals surface area contributed by atoms with E-state index < -0.39 is 0 Å². The molecule has 1 unspecified atom stereocenters. The van der Waals surface area contributed by atoms with Gasteiger partial charge >= 0.3 is 0 Å². The minimum absolute atomic E-state index is 0. The van der Waals surface area contributed by atoms with Gasteiger partial charge in [0.05, 0.1) is 34.0 Å². The Bertz CT molecular complexity index is 738. The molecule has 7 nitrogen and oxygen atoms in total. The van der Waals surface area contributed by atoms with Gasteiger partial charge in [-0.05, 0) is 37.0 Å². The minimum Gasteiger partial charge on any atom is -0.493 e. The Morgan fingerprint density at radius 1 is 1.16 bits per heavy atom. The number of nitrogens with zero attached hydrogens (tertiary/aromatic N) is 3. The number of hydrogen-bond donors (Lipinski definition) is 1. The predicted octanol–water partition coefficient (Wildman–Crippen LogP) is 3.22. The molecule has 1 aromatic rings. The third kappa shape index (κ3) is 7.12. The Hall–Kier alpha value is -1.26. The van der Waals surface area contributed by atoms with Crippen LogP contribution >= 0.6 is 24.0 Å². The lowest BCUT2D eigenvalue weighted by Crippen LogP contribution is -2.43. The molecule has 0 aromatic heterocycles. The number of guanidine groups is 1. The normalized spacial score (nSPS) is 20.1. The summed E-state index contributed by atoms with van der Waals surface area (Å²) in [7, 11) is 3.34. The average molecular weight is 561 g/mol. The van der Waals surface area contributed by atoms with Crippen LogP contribution in [-0.2, 0) is 10.2 Å². The van der Waals surface area contributed by atoms with Gasteiger partial charge in [0, 0.05) is 44.7 Å². The van der Waals surface area contributed by atoms with E-state index >= 15 is 0 Å². The van der Waals surface area contributed by atoms with Crippen molar-refractivity contribution in [2.45, 2.75) is 32.6 Å². The Morgan fingerprint density at radius 2 is 1.88 bits per heavy atom. The largest absolute Gasteiger partial charge is 0.493 e. The molecule has 0 saturated carbocycles. The van der Waals surface area contributed by atoms with Crippen LogP contribution in [0, 0.1) is 5.92 Å². The van der Waals surface area contributed by atoms with Gasteiger partial charge in [0.25, 0.3) is 0 Å². The highest BCUT2D eigenvalue weighted by Crippen LogP contribution is 2.33. The SMILES string of the molecule is CCNC(=NCC(C)(C)c1ccc(OC)c(OC)c1)N1CCC(CN2CCOCC2)C1.I. The highest BCUT2D eigenvalue weighted by atomic mass is 127. The van der Waals surface area contributed by atoms with Gasteiger partial charge < -0.3 is 24.4 Å². The molecule has 1 atom stereocenters. The van der Waals surface area contributed by atoms with Crippen LogP contribution in [0.5, 0.6) is 11.5 Å². The van der Waals surface area contributed by atoms with E-state index in [2.05, 4.69) is 48.0 Å². The molecule has 0 radical (unpaired) electrons. The number of hydrogen-bond acceptors (Lipinski definition) is 5. The van der Waals surface area contributed by atoms with Crippen LogP contribution in [0.3, 0.4) is 0 Å². The molecule has 182 valence electrons. The summed E-state index contributed by atoms with van der Waals surface area (Å²) in [4.78, 5) is 10.0. The number of likely N-dealkylation sites (tertiary alicyclic amines) is 1. The number of ether oxygens (including phenoxy) is 3. The van der Waals surface area contributed by atoms with Gasteiger partial charge in [-0.3, -0.25) is 9.89 Å². The van der Waals surface area contributed by atoms with E-state index in [9.17, 15) is 0 Å². The highest BCUT2D eigenvalue weighted by molar-refractivity contribution is 14.0. The molecule has 2 heterocycles. The summed E-state index contributed by atoms with van der Waals surface area (Å²) in [5.41, 5.74) is 1.07. The molecule has 2 saturated heterocycles. The highest BCUT2D eigenvalue weighted by Gasteiger charge is 2.28. The van der Waals surface area contributed by atoms with E-state index in [1.165, 1.54) is 12.0 Å².